The highest BCUT2D eigenvalue weighted by atomic mass is 16.5. The first-order valence-electron chi connectivity index (χ1n) is 9.02. The topological polar surface area (TPSA) is 28.6 Å². The molecule has 0 saturated carbocycles. The zero-order valence-electron chi connectivity index (χ0n) is 14.2. The van der Waals surface area contributed by atoms with Crippen molar-refractivity contribution in [2.75, 3.05) is 31.1 Å². The van der Waals surface area contributed by atoms with Gasteiger partial charge in [0.15, 0.2) is 11.6 Å². The van der Waals surface area contributed by atoms with Gasteiger partial charge in [0, 0.05) is 44.5 Å². The molecule has 4 heteroatoms. The normalized spacial score (nSPS) is 18.6. The number of fused-ring (bicyclic) bond motifs is 1. The molecule has 0 amide bonds. The van der Waals surface area contributed by atoms with Gasteiger partial charge in [0.25, 0.3) is 0 Å². The van der Waals surface area contributed by atoms with E-state index < -0.39 is 0 Å². The Kier molecular flexibility index (Phi) is 4.65. The number of pyridine rings is 1. The van der Waals surface area contributed by atoms with Crippen molar-refractivity contribution in [3.63, 3.8) is 0 Å². The molecule has 0 atom stereocenters. The van der Waals surface area contributed by atoms with Gasteiger partial charge in [0.05, 0.1) is 0 Å². The quantitative estimate of drug-likeness (QED) is 0.865. The summed E-state index contributed by atoms with van der Waals surface area (Å²) >= 11 is 0. The largest absolute Gasteiger partial charge is 0.488 e. The number of ether oxygens (including phenoxy) is 1. The molecule has 1 aromatic carbocycles. The number of benzene rings is 1. The van der Waals surface area contributed by atoms with Crippen LogP contribution in [0.5, 0.6) is 5.75 Å². The van der Waals surface area contributed by atoms with Crippen LogP contribution in [0.1, 0.15) is 30.4 Å². The molecular formula is C20H25N3O. The van der Waals surface area contributed by atoms with E-state index in [0.29, 0.717) is 0 Å². The molecule has 24 heavy (non-hydrogen) atoms. The number of piperidine rings is 1. The van der Waals surface area contributed by atoms with Crippen molar-refractivity contribution in [2.45, 2.75) is 32.4 Å². The molecule has 2 aromatic rings. The minimum Gasteiger partial charge on any atom is -0.488 e. The zero-order chi connectivity index (χ0) is 16.2. The molecule has 2 aliphatic heterocycles. The Bertz CT molecular complexity index is 668. The Morgan fingerprint density at radius 1 is 0.958 bits per heavy atom. The molecule has 0 aliphatic carbocycles. The van der Waals surface area contributed by atoms with E-state index in [1.165, 1.54) is 30.4 Å². The molecule has 4 rings (SSSR count). The van der Waals surface area contributed by atoms with Crippen molar-refractivity contribution < 1.29 is 4.74 Å². The Morgan fingerprint density at radius 3 is 2.62 bits per heavy atom. The van der Waals surface area contributed by atoms with Gasteiger partial charge >= 0.3 is 0 Å². The highest BCUT2D eigenvalue weighted by Gasteiger charge is 2.23. The van der Waals surface area contributed by atoms with Gasteiger partial charge in [-0.05, 0) is 30.9 Å². The summed E-state index contributed by atoms with van der Waals surface area (Å²) in [7, 11) is 0. The summed E-state index contributed by atoms with van der Waals surface area (Å²) in [6.45, 7) is 5.76. The molecule has 2 aliphatic rings. The Labute approximate surface area is 144 Å². The van der Waals surface area contributed by atoms with E-state index in [0.717, 1.165) is 50.9 Å². The third kappa shape index (κ3) is 3.39. The van der Waals surface area contributed by atoms with Gasteiger partial charge in [-0.1, -0.05) is 30.3 Å². The van der Waals surface area contributed by atoms with Crippen LogP contribution in [0.25, 0.3) is 0 Å². The van der Waals surface area contributed by atoms with Crippen molar-refractivity contribution in [3.05, 3.63) is 53.7 Å². The van der Waals surface area contributed by atoms with Crippen LogP contribution >= 0.6 is 0 Å². The van der Waals surface area contributed by atoms with Crippen LogP contribution in [0.15, 0.2) is 42.6 Å². The number of hydrogen-bond acceptors (Lipinski definition) is 4. The monoisotopic (exact) mass is 323 g/mol. The predicted molar refractivity (Wildman–Crippen MR) is 96.4 cm³/mol. The molecule has 0 radical (unpaired) electrons. The van der Waals surface area contributed by atoms with Gasteiger partial charge in [-0.3, -0.25) is 4.90 Å². The summed E-state index contributed by atoms with van der Waals surface area (Å²) in [6.07, 6.45) is 5.78. The second-order valence-corrected chi connectivity index (χ2v) is 6.72. The van der Waals surface area contributed by atoms with Crippen molar-refractivity contribution >= 4 is 5.82 Å². The van der Waals surface area contributed by atoms with Gasteiger partial charge in [0.1, 0.15) is 6.61 Å². The van der Waals surface area contributed by atoms with Gasteiger partial charge < -0.3 is 9.64 Å². The fourth-order valence-corrected chi connectivity index (χ4v) is 3.66. The van der Waals surface area contributed by atoms with Crippen molar-refractivity contribution in [2.24, 2.45) is 0 Å². The van der Waals surface area contributed by atoms with E-state index in [9.17, 15) is 0 Å². The summed E-state index contributed by atoms with van der Waals surface area (Å²) in [6, 6.07) is 12.8. The highest BCUT2D eigenvalue weighted by Crippen LogP contribution is 2.34. The maximum atomic E-state index is 6.15. The lowest BCUT2D eigenvalue weighted by Gasteiger charge is -2.29. The van der Waals surface area contributed by atoms with Crippen molar-refractivity contribution in [1.29, 1.82) is 0 Å². The average molecular weight is 323 g/mol. The van der Waals surface area contributed by atoms with Crippen LogP contribution in [0.2, 0.25) is 0 Å². The molecule has 0 N–H and O–H groups in total. The minimum absolute atomic E-state index is 0.729. The lowest BCUT2D eigenvalue weighted by molar-refractivity contribution is 0.219. The number of nitrogens with zero attached hydrogens (tertiary/aromatic N) is 3. The van der Waals surface area contributed by atoms with Crippen LogP contribution in [-0.4, -0.2) is 36.1 Å². The number of aromatic nitrogens is 1. The summed E-state index contributed by atoms with van der Waals surface area (Å²) in [4.78, 5) is 9.51. The Balaban J connectivity index is 1.55. The SMILES string of the molecule is c1ccc(CN2CCOc3c(ccnc3N3CCCCC3)C2)cc1. The second kappa shape index (κ2) is 7.22. The van der Waals surface area contributed by atoms with Crippen LogP contribution in [0.4, 0.5) is 5.82 Å². The first-order chi connectivity index (χ1) is 11.9. The molecule has 3 heterocycles. The van der Waals surface area contributed by atoms with Crippen molar-refractivity contribution in [3.8, 4) is 5.75 Å². The predicted octanol–water partition coefficient (Wildman–Crippen LogP) is 3.47. The highest BCUT2D eigenvalue weighted by molar-refractivity contribution is 5.57. The molecular weight excluding hydrogens is 298 g/mol. The van der Waals surface area contributed by atoms with Crippen LogP contribution in [0, 0.1) is 0 Å². The van der Waals surface area contributed by atoms with E-state index in [1.807, 2.05) is 6.20 Å². The van der Waals surface area contributed by atoms with Crippen LogP contribution in [-0.2, 0) is 13.1 Å². The maximum Gasteiger partial charge on any atom is 0.171 e. The van der Waals surface area contributed by atoms with Gasteiger partial charge in [-0.25, -0.2) is 4.98 Å². The molecule has 1 saturated heterocycles. The average Bonchev–Trinajstić information content (AvgIpc) is 2.85. The maximum absolute atomic E-state index is 6.15. The lowest BCUT2D eigenvalue weighted by Crippen LogP contribution is -2.30. The first kappa shape index (κ1) is 15.5. The molecule has 126 valence electrons. The van der Waals surface area contributed by atoms with Gasteiger partial charge in [-0.2, -0.15) is 0 Å². The van der Waals surface area contributed by atoms with E-state index in [2.05, 4.69) is 51.2 Å². The summed E-state index contributed by atoms with van der Waals surface area (Å²) in [5.41, 5.74) is 2.62. The standard InChI is InChI=1S/C20H25N3O/c1-3-7-17(8-4-1)15-22-13-14-24-19-18(16-22)9-10-21-20(19)23-11-5-2-6-12-23/h1,3-4,7-10H,2,5-6,11-16H2. The molecule has 1 fully saturated rings. The molecule has 0 bridgehead atoms. The Morgan fingerprint density at radius 2 is 1.79 bits per heavy atom. The number of rotatable bonds is 3. The lowest BCUT2D eigenvalue weighted by atomic mass is 10.1. The van der Waals surface area contributed by atoms with Gasteiger partial charge in [-0.15, -0.1) is 0 Å². The molecule has 0 unspecified atom stereocenters. The summed E-state index contributed by atoms with van der Waals surface area (Å²) in [5, 5.41) is 0. The zero-order valence-corrected chi connectivity index (χ0v) is 14.2. The van der Waals surface area contributed by atoms with Gasteiger partial charge in [0.2, 0.25) is 0 Å². The minimum atomic E-state index is 0.729. The van der Waals surface area contributed by atoms with Crippen molar-refractivity contribution in [1.82, 2.24) is 9.88 Å². The fraction of sp³-hybridized carbons (Fsp3) is 0.450. The van der Waals surface area contributed by atoms with E-state index in [-0.39, 0.29) is 0 Å². The van der Waals surface area contributed by atoms with Crippen LogP contribution in [0.3, 0.4) is 0 Å². The van der Waals surface area contributed by atoms with Crippen LogP contribution < -0.4 is 9.64 Å². The Hall–Kier alpha value is -2.07. The smallest absolute Gasteiger partial charge is 0.171 e. The third-order valence-corrected chi connectivity index (χ3v) is 4.92. The molecule has 4 nitrogen and oxygen atoms in total. The number of hydrogen-bond donors (Lipinski definition) is 0. The summed E-state index contributed by atoms with van der Waals surface area (Å²) in [5.74, 6) is 2.06. The van der Waals surface area contributed by atoms with E-state index >= 15 is 0 Å². The fourth-order valence-electron chi connectivity index (χ4n) is 3.66. The summed E-state index contributed by atoms with van der Waals surface area (Å²) < 4.78 is 6.15. The third-order valence-electron chi connectivity index (χ3n) is 4.92. The van der Waals surface area contributed by atoms with E-state index in [1.54, 1.807) is 0 Å². The second-order valence-electron chi connectivity index (χ2n) is 6.72. The van der Waals surface area contributed by atoms with E-state index in [4.69, 9.17) is 4.74 Å². The first-order valence-corrected chi connectivity index (χ1v) is 9.02. The molecule has 1 aromatic heterocycles. The number of anilines is 1. The molecule has 0 spiro atoms.